The van der Waals surface area contributed by atoms with Crippen LogP contribution in [0.1, 0.15) is 43.4 Å². The van der Waals surface area contributed by atoms with E-state index in [1.54, 1.807) is 7.11 Å². The summed E-state index contributed by atoms with van der Waals surface area (Å²) in [5.41, 5.74) is 2.07. The van der Waals surface area contributed by atoms with Crippen LogP contribution < -0.4 is 16.0 Å². The van der Waals surface area contributed by atoms with Crippen LogP contribution in [0.2, 0.25) is 0 Å². The first-order chi connectivity index (χ1) is 12.4. The summed E-state index contributed by atoms with van der Waals surface area (Å²) in [6.45, 7) is 6.61. The molecule has 0 bridgehead atoms. The van der Waals surface area contributed by atoms with Gasteiger partial charge in [0.25, 0.3) is 0 Å². The summed E-state index contributed by atoms with van der Waals surface area (Å²) < 4.78 is 5.40. The van der Waals surface area contributed by atoms with Gasteiger partial charge < -0.3 is 20.7 Å². The van der Waals surface area contributed by atoms with Gasteiger partial charge in [-0.15, -0.1) is 12.4 Å². The summed E-state index contributed by atoms with van der Waals surface area (Å²) >= 11 is 0. The first-order valence-corrected chi connectivity index (χ1v) is 9.24. The molecular formula is C20H32ClN3O3. The second-order valence-electron chi connectivity index (χ2n) is 7.33. The molecule has 0 spiro atoms. The Balaban J connectivity index is 0.00000364. The van der Waals surface area contributed by atoms with Crippen molar-refractivity contribution in [3.05, 3.63) is 35.4 Å². The molecule has 2 rings (SSSR count). The van der Waals surface area contributed by atoms with Crippen molar-refractivity contribution in [2.75, 3.05) is 33.4 Å². The minimum atomic E-state index is -0.320. The van der Waals surface area contributed by atoms with Gasteiger partial charge in [0, 0.05) is 26.0 Å². The number of piperidine rings is 1. The van der Waals surface area contributed by atoms with Crippen LogP contribution in [0.15, 0.2) is 24.3 Å². The average Bonchev–Trinajstić information content (AvgIpc) is 2.61. The van der Waals surface area contributed by atoms with E-state index < -0.39 is 0 Å². The summed E-state index contributed by atoms with van der Waals surface area (Å²) in [5.74, 6) is -0.198. The molecule has 152 valence electrons. The number of ether oxygens (including phenoxy) is 1. The van der Waals surface area contributed by atoms with E-state index >= 15 is 0 Å². The van der Waals surface area contributed by atoms with E-state index in [1.807, 2.05) is 31.2 Å². The predicted octanol–water partition coefficient (Wildman–Crippen LogP) is 2.12. The van der Waals surface area contributed by atoms with Crippen molar-refractivity contribution in [3.8, 4) is 0 Å². The van der Waals surface area contributed by atoms with Crippen molar-refractivity contribution in [1.82, 2.24) is 16.0 Å². The highest BCUT2D eigenvalue weighted by molar-refractivity contribution is 5.85. The largest absolute Gasteiger partial charge is 0.384 e. The Hall–Kier alpha value is -1.63. The molecule has 1 saturated heterocycles. The van der Waals surface area contributed by atoms with Crippen LogP contribution in [0.5, 0.6) is 0 Å². The third-order valence-electron chi connectivity index (χ3n) is 5.02. The van der Waals surface area contributed by atoms with E-state index in [1.165, 1.54) is 6.92 Å². The molecule has 0 aromatic heterocycles. The molecule has 6 nitrogen and oxygen atoms in total. The van der Waals surface area contributed by atoms with Gasteiger partial charge in [-0.3, -0.25) is 9.59 Å². The average molecular weight is 398 g/mol. The molecule has 1 aliphatic rings. The lowest BCUT2D eigenvalue weighted by Gasteiger charge is -2.37. The number of carbonyl (C=O) groups excluding carboxylic acids is 2. The number of halogens is 1. The number of hydrogen-bond donors (Lipinski definition) is 3. The number of aryl methyl sites for hydroxylation is 1. The number of carbonyl (C=O) groups is 2. The Labute approximate surface area is 168 Å². The first kappa shape index (κ1) is 23.4. The van der Waals surface area contributed by atoms with Crippen molar-refractivity contribution >= 4 is 24.2 Å². The molecule has 1 aromatic carbocycles. The maximum Gasteiger partial charge on any atom is 0.222 e. The normalized spacial score (nSPS) is 16.7. The van der Waals surface area contributed by atoms with Crippen molar-refractivity contribution in [2.45, 2.75) is 39.2 Å². The first-order valence-electron chi connectivity index (χ1n) is 9.24. The van der Waals surface area contributed by atoms with Gasteiger partial charge in [0.1, 0.15) is 0 Å². The van der Waals surface area contributed by atoms with Crippen LogP contribution in [-0.2, 0) is 14.3 Å². The van der Waals surface area contributed by atoms with Crippen molar-refractivity contribution in [2.24, 2.45) is 5.41 Å². The SMILES string of the molecule is COCC1(CNC(=O)CC(NC(C)=O)c2ccc(C)cc2)CCNCC1.Cl. The van der Waals surface area contributed by atoms with E-state index in [4.69, 9.17) is 4.74 Å². The van der Waals surface area contributed by atoms with Gasteiger partial charge in [-0.2, -0.15) is 0 Å². The highest BCUT2D eigenvalue weighted by atomic mass is 35.5. The molecule has 27 heavy (non-hydrogen) atoms. The maximum atomic E-state index is 12.5. The number of nitrogens with one attached hydrogen (secondary N) is 3. The highest BCUT2D eigenvalue weighted by Crippen LogP contribution is 2.28. The van der Waals surface area contributed by atoms with Crippen molar-refractivity contribution < 1.29 is 14.3 Å². The lowest BCUT2D eigenvalue weighted by atomic mass is 9.79. The third kappa shape index (κ3) is 7.48. The quantitative estimate of drug-likeness (QED) is 0.627. The molecule has 1 atom stereocenters. The van der Waals surface area contributed by atoms with E-state index in [0.29, 0.717) is 13.2 Å². The fourth-order valence-corrected chi connectivity index (χ4v) is 3.48. The number of benzene rings is 1. The summed E-state index contributed by atoms with van der Waals surface area (Å²) in [6.07, 6.45) is 2.19. The van der Waals surface area contributed by atoms with E-state index in [9.17, 15) is 9.59 Å². The minimum absolute atomic E-state index is 0. The number of hydrogen-bond acceptors (Lipinski definition) is 4. The van der Waals surface area contributed by atoms with Crippen LogP contribution in [0.25, 0.3) is 0 Å². The van der Waals surface area contributed by atoms with Gasteiger partial charge in [-0.1, -0.05) is 29.8 Å². The molecule has 1 unspecified atom stereocenters. The predicted molar refractivity (Wildman–Crippen MR) is 109 cm³/mol. The van der Waals surface area contributed by atoms with Crippen LogP contribution in [0.4, 0.5) is 0 Å². The van der Waals surface area contributed by atoms with Crippen molar-refractivity contribution in [1.29, 1.82) is 0 Å². The minimum Gasteiger partial charge on any atom is -0.384 e. The zero-order valence-electron chi connectivity index (χ0n) is 16.5. The zero-order chi connectivity index (χ0) is 19.0. The topological polar surface area (TPSA) is 79.5 Å². The lowest BCUT2D eigenvalue weighted by Crippen LogP contribution is -2.47. The van der Waals surface area contributed by atoms with Gasteiger partial charge >= 0.3 is 0 Å². The molecule has 0 aliphatic carbocycles. The van der Waals surface area contributed by atoms with Crippen LogP contribution in [0.3, 0.4) is 0 Å². The molecule has 0 radical (unpaired) electrons. The smallest absolute Gasteiger partial charge is 0.222 e. The van der Waals surface area contributed by atoms with E-state index in [0.717, 1.165) is 37.1 Å². The Kier molecular flexibility index (Phi) is 9.77. The van der Waals surface area contributed by atoms with Gasteiger partial charge in [0.15, 0.2) is 0 Å². The molecule has 1 heterocycles. The number of rotatable bonds is 8. The van der Waals surface area contributed by atoms with E-state index in [2.05, 4.69) is 16.0 Å². The number of methoxy groups -OCH3 is 1. The zero-order valence-corrected chi connectivity index (χ0v) is 17.3. The maximum absolute atomic E-state index is 12.5. The Morgan fingerprint density at radius 2 is 1.85 bits per heavy atom. The highest BCUT2D eigenvalue weighted by Gasteiger charge is 2.32. The van der Waals surface area contributed by atoms with E-state index in [-0.39, 0.29) is 42.1 Å². The molecule has 1 aliphatic heterocycles. The molecular weight excluding hydrogens is 366 g/mol. The molecule has 3 N–H and O–H groups in total. The summed E-state index contributed by atoms with van der Waals surface area (Å²) in [7, 11) is 1.70. The second-order valence-corrected chi connectivity index (χ2v) is 7.33. The van der Waals surface area contributed by atoms with Crippen LogP contribution >= 0.6 is 12.4 Å². The molecule has 1 aromatic rings. The number of amides is 2. The summed E-state index contributed by atoms with van der Waals surface area (Å²) in [6, 6.07) is 7.58. The molecule has 0 saturated carbocycles. The molecule has 2 amide bonds. The van der Waals surface area contributed by atoms with Crippen LogP contribution in [0, 0.1) is 12.3 Å². The molecule has 1 fully saturated rings. The Bertz CT molecular complexity index is 595. The monoisotopic (exact) mass is 397 g/mol. The Morgan fingerprint density at radius 1 is 1.22 bits per heavy atom. The standard InChI is InChI=1S/C20H31N3O3.ClH/c1-15-4-6-17(7-5-15)18(23-16(2)24)12-19(25)22-13-20(14-26-3)8-10-21-11-9-20;/h4-7,18,21H,8-14H2,1-3H3,(H,22,25)(H,23,24);1H. The Morgan fingerprint density at radius 3 is 2.41 bits per heavy atom. The second kappa shape index (κ2) is 11.3. The third-order valence-corrected chi connectivity index (χ3v) is 5.02. The fourth-order valence-electron chi connectivity index (χ4n) is 3.48. The van der Waals surface area contributed by atoms with Gasteiger partial charge in [-0.05, 0) is 38.4 Å². The van der Waals surface area contributed by atoms with Gasteiger partial charge in [0.05, 0.1) is 19.1 Å². The van der Waals surface area contributed by atoms with Gasteiger partial charge in [-0.25, -0.2) is 0 Å². The van der Waals surface area contributed by atoms with Gasteiger partial charge in [0.2, 0.25) is 11.8 Å². The molecule has 7 heteroatoms. The van der Waals surface area contributed by atoms with Crippen molar-refractivity contribution in [3.63, 3.8) is 0 Å². The van der Waals surface area contributed by atoms with Crippen LogP contribution in [-0.4, -0.2) is 45.2 Å². The summed E-state index contributed by atoms with van der Waals surface area (Å²) in [4.78, 5) is 24.1. The summed E-state index contributed by atoms with van der Waals surface area (Å²) in [5, 5.41) is 9.30. The lowest BCUT2D eigenvalue weighted by molar-refractivity contribution is -0.123. The fraction of sp³-hybridized carbons (Fsp3) is 0.600.